The van der Waals surface area contributed by atoms with Crippen LogP contribution in [0.15, 0.2) is 57.8 Å². The molecule has 9 heteroatoms. The second-order valence-corrected chi connectivity index (χ2v) is 9.67. The Balaban J connectivity index is 1.29. The molecule has 0 unspecified atom stereocenters. The summed E-state index contributed by atoms with van der Waals surface area (Å²) >= 11 is 0. The number of piperazine rings is 1. The van der Waals surface area contributed by atoms with E-state index >= 15 is 0 Å². The summed E-state index contributed by atoms with van der Waals surface area (Å²) in [4.78, 5) is 35.0. The highest BCUT2D eigenvalue weighted by Crippen LogP contribution is 2.21. The zero-order valence-electron chi connectivity index (χ0n) is 20.8. The molecular formula is C27H30N6O3. The van der Waals surface area contributed by atoms with Crippen molar-refractivity contribution in [3.63, 3.8) is 0 Å². The van der Waals surface area contributed by atoms with Gasteiger partial charge in [0, 0.05) is 43.7 Å². The molecule has 2 aromatic carbocycles. The van der Waals surface area contributed by atoms with Crippen LogP contribution < -0.4 is 5.56 Å². The lowest BCUT2D eigenvalue weighted by Gasteiger charge is -2.33. The maximum Gasteiger partial charge on any atom is 0.275 e. The minimum atomic E-state index is -0.162. The molecule has 2 aromatic heterocycles. The van der Waals surface area contributed by atoms with E-state index < -0.39 is 0 Å². The summed E-state index contributed by atoms with van der Waals surface area (Å²) < 4.78 is 6.93. The fourth-order valence-corrected chi connectivity index (χ4v) is 4.57. The Morgan fingerprint density at radius 2 is 1.69 bits per heavy atom. The number of benzene rings is 2. The van der Waals surface area contributed by atoms with Gasteiger partial charge in [0.15, 0.2) is 5.69 Å². The van der Waals surface area contributed by atoms with E-state index in [-0.39, 0.29) is 17.4 Å². The highest BCUT2D eigenvalue weighted by molar-refractivity contribution is 6.04. The average Bonchev–Trinajstić information content (AvgIpc) is 3.34. The van der Waals surface area contributed by atoms with Crippen molar-refractivity contribution in [3.05, 3.63) is 76.0 Å². The van der Waals surface area contributed by atoms with E-state index in [1.807, 2.05) is 62.1 Å². The quantitative estimate of drug-likeness (QED) is 0.412. The second kappa shape index (κ2) is 10.0. The first-order valence-electron chi connectivity index (χ1n) is 12.3. The normalized spacial score (nSPS) is 14.6. The van der Waals surface area contributed by atoms with E-state index in [1.54, 1.807) is 12.1 Å². The van der Waals surface area contributed by atoms with Gasteiger partial charge in [0.2, 0.25) is 11.7 Å². The first-order chi connectivity index (χ1) is 17.4. The number of hydrogen-bond acceptors (Lipinski definition) is 7. The molecule has 186 valence electrons. The average molecular weight is 487 g/mol. The van der Waals surface area contributed by atoms with Gasteiger partial charge >= 0.3 is 0 Å². The number of hydrogen-bond donors (Lipinski definition) is 0. The molecule has 9 nitrogen and oxygen atoms in total. The van der Waals surface area contributed by atoms with E-state index in [9.17, 15) is 9.59 Å². The van der Waals surface area contributed by atoms with Crippen LogP contribution in [-0.2, 0) is 13.1 Å². The van der Waals surface area contributed by atoms with Crippen LogP contribution in [0.4, 0.5) is 0 Å². The molecule has 1 aliphatic heterocycles. The van der Waals surface area contributed by atoms with Crippen LogP contribution in [-0.4, -0.2) is 61.8 Å². The summed E-state index contributed by atoms with van der Waals surface area (Å²) in [6.07, 6.45) is 0. The summed E-state index contributed by atoms with van der Waals surface area (Å²) in [5, 5.41) is 9.78. The van der Waals surface area contributed by atoms with Crippen molar-refractivity contribution in [3.8, 4) is 11.4 Å². The fourth-order valence-electron chi connectivity index (χ4n) is 4.57. The maximum atomic E-state index is 13.5. The van der Waals surface area contributed by atoms with Crippen LogP contribution in [0, 0.1) is 12.8 Å². The van der Waals surface area contributed by atoms with E-state index in [4.69, 9.17) is 4.52 Å². The molecule has 0 atom stereocenters. The number of carbonyl (C=O) groups excluding carboxylic acids is 1. The maximum absolute atomic E-state index is 13.5. The van der Waals surface area contributed by atoms with E-state index in [2.05, 4.69) is 20.1 Å². The lowest BCUT2D eigenvalue weighted by atomic mass is 10.1. The molecule has 1 fully saturated rings. The monoisotopic (exact) mass is 486 g/mol. The SMILES string of the molecule is Cc1ccccc1-c1noc(CN2CCN(C(=O)c3nn(CC(C)C)c(=O)c4ccccc34)CC2)n1. The molecule has 1 amide bonds. The summed E-state index contributed by atoms with van der Waals surface area (Å²) in [6.45, 7) is 9.53. The first-order valence-corrected chi connectivity index (χ1v) is 12.3. The number of aryl methyl sites for hydroxylation is 1. The van der Waals surface area contributed by atoms with Gasteiger partial charge in [0.05, 0.1) is 11.9 Å². The van der Waals surface area contributed by atoms with Crippen molar-refractivity contribution in [2.45, 2.75) is 33.9 Å². The zero-order valence-corrected chi connectivity index (χ0v) is 20.8. The molecule has 0 saturated carbocycles. The van der Waals surface area contributed by atoms with Gasteiger partial charge in [-0.1, -0.05) is 61.5 Å². The van der Waals surface area contributed by atoms with Gasteiger partial charge in [-0.2, -0.15) is 10.1 Å². The predicted molar refractivity (Wildman–Crippen MR) is 136 cm³/mol. The van der Waals surface area contributed by atoms with Crippen molar-refractivity contribution in [2.24, 2.45) is 5.92 Å². The number of aromatic nitrogens is 4. The third kappa shape index (κ3) is 4.79. The number of amides is 1. The van der Waals surface area contributed by atoms with Crippen LogP contribution >= 0.6 is 0 Å². The minimum absolute atomic E-state index is 0.150. The van der Waals surface area contributed by atoms with Gasteiger partial charge in [-0.15, -0.1) is 0 Å². The third-order valence-corrected chi connectivity index (χ3v) is 6.48. The van der Waals surface area contributed by atoms with Gasteiger partial charge < -0.3 is 9.42 Å². The van der Waals surface area contributed by atoms with Gasteiger partial charge in [-0.3, -0.25) is 14.5 Å². The molecule has 0 spiro atoms. The van der Waals surface area contributed by atoms with Crippen LogP contribution in [0.3, 0.4) is 0 Å². The summed E-state index contributed by atoms with van der Waals surface area (Å²) in [7, 11) is 0. The Bertz CT molecular complexity index is 1450. The molecule has 3 heterocycles. The van der Waals surface area contributed by atoms with Crippen molar-refractivity contribution in [2.75, 3.05) is 26.2 Å². The van der Waals surface area contributed by atoms with Crippen LogP contribution in [0.25, 0.3) is 22.2 Å². The lowest BCUT2D eigenvalue weighted by molar-refractivity contribution is 0.0608. The Hall–Kier alpha value is -3.85. The Labute approximate surface area is 209 Å². The van der Waals surface area contributed by atoms with Crippen LogP contribution in [0.5, 0.6) is 0 Å². The predicted octanol–water partition coefficient (Wildman–Crippen LogP) is 3.37. The highest BCUT2D eigenvalue weighted by Gasteiger charge is 2.27. The lowest BCUT2D eigenvalue weighted by Crippen LogP contribution is -2.48. The number of fused-ring (bicyclic) bond motifs is 1. The summed E-state index contributed by atoms with van der Waals surface area (Å²) in [6, 6.07) is 15.2. The van der Waals surface area contributed by atoms with Gasteiger partial charge in [-0.05, 0) is 24.5 Å². The molecule has 36 heavy (non-hydrogen) atoms. The second-order valence-electron chi connectivity index (χ2n) is 9.67. The Morgan fingerprint density at radius 1 is 1.00 bits per heavy atom. The molecule has 1 saturated heterocycles. The van der Waals surface area contributed by atoms with E-state index in [1.165, 1.54) is 4.68 Å². The Kier molecular flexibility index (Phi) is 6.65. The number of rotatable bonds is 6. The van der Waals surface area contributed by atoms with E-state index in [0.717, 1.165) is 11.1 Å². The van der Waals surface area contributed by atoms with Crippen molar-refractivity contribution >= 4 is 16.7 Å². The number of nitrogens with zero attached hydrogens (tertiary/aromatic N) is 6. The highest BCUT2D eigenvalue weighted by atomic mass is 16.5. The summed E-state index contributed by atoms with van der Waals surface area (Å²) in [5.41, 5.74) is 2.23. The smallest absolute Gasteiger partial charge is 0.275 e. The largest absolute Gasteiger partial charge is 0.338 e. The standard InChI is InChI=1S/C27H30N6O3/c1-18(2)16-33-26(34)22-11-7-6-10-21(22)24(29-33)27(35)32-14-12-31(13-15-32)17-23-28-25(30-36-23)20-9-5-4-8-19(20)3/h4-11,18H,12-17H2,1-3H3. The first kappa shape index (κ1) is 23.9. The third-order valence-electron chi connectivity index (χ3n) is 6.48. The summed E-state index contributed by atoms with van der Waals surface area (Å²) in [5.74, 6) is 1.23. The van der Waals surface area contributed by atoms with Crippen LogP contribution in [0.1, 0.15) is 35.8 Å². The van der Waals surface area contributed by atoms with Crippen molar-refractivity contribution in [1.82, 2.24) is 29.7 Å². The molecule has 0 N–H and O–H groups in total. The van der Waals surface area contributed by atoms with Crippen molar-refractivity contribution in [1.29, 1.82) is 0 Å². The fraction of sp³-hybridized carbons (Fsp3) is 0.370. The molecule has 4 aromatic rings. The van der Waals surface area contributed by atoms with Crippen LogP contribution in [0.2, 0.25) is 0 Å². The molecule has 5 rings (SSSR count). The number of carbonyl (C=O) groups is 1. The van der Waals surface area contributed by atoms with E-state index in [0.29, 0.717) is 67.5 Å². The zero-order chi connectivity index (χ0) is 25.2. The van der Waals surface area contributed by atoms with Gasteiger partial charge in [-0.25, -0.2) is 4.68 Å². The molecular weight excluding hydrogens is 456 g/mol. The molecule has 1 aliphatic rings. The minimum Gasteiger partial charge on any atom is -0.338 e. The molecule has 0 aliphatic carbocycles. The van der Waals surface area contributed by atoms with Gasteiger partial charge in [0.1, 0.15) is 0 Å². The van der Waals surface area contributed by atoms with Gasteiger partial charge in [0.25, 0.3) is 11.5 Å². The Morgan fingerprint density at radius 3 is 2.42 bits per heavy atom. The molecule has 0 bridgehead atoms. The van der Waals surface area contributed by atoms with Crippen molar-refractivity contribution < 1.29 is 9.32 Å². The molecule has 0 radical (unpaired) electrons. The topological polar surface area (TPSA) is 97.4 Å².